The lowest BCUT2D eigenvalue weighted by atomic mass is 10.2. The van der Waals surface area contributed by atoms with Gasteiger partial charge in [-0.1, -0.05) is 23.5 Å². The summed E-state index contributed by atoms with van der Waals surface area (Å²) in [6, 6.07) is 6.39. The maximum absolute atomic E-state index is 10.7. The van der Waals surface area contributed by atoms with E-state index in [2.05, 4.69) is 15.5 Å². The van der Waals surface area contributed by atoms with Crippen molar-refractivity contribution in [2.24, 2.45) is 0 Å². The van der Waals surface area contributed by atoms with Gasteiger partial charge in [-0.2, -0.15) is 0 Å². The minimum Gasteiger partial charge on any atom is -0.383 e. The van der Waals surface area contributed by atoms with E-state index in [1.54, 1.807) is 19.2 Å². The number of rotatable bonds is 7. The third-order valence-electron chi connectivity index (χ3n) is 2.53. The van der Waals surface area contributed by atoms with Gasteiger partial charge in [-0.05, 0) is 0 Å². The SMILES string of the molecule is COCCNCc1nnc(-c2cccc([N+](=O)[O-])c2)s1. The average molecular weight is 294 g/mol. The first-order valence-corrected chi connectivity index (χ1v) is 6.79. The second-order valence-electron chi connectivity index (χ2n) is 3.98. The van der Waals surface area contributed by atoms with Gasteiger partial charge in [-0.3, -0.25) is 10.1 Å². The number of nitro groups is 1. The Kier molecular flexibility index (Phi) is 5.10. The Morgan fingerprint density at radius 1 is 1.45 bits per heavy atom. The van der Waals surface area contributed by atoms with Gasteiger partial charge in [-0.15, -0.1) is 10.2 Å². The third-order valence-corrected chi connectivity index (χ3v) is 3.50. The molecule has 0 saturated carbocycles. The highest BCUT2D eigenvalue weighted by atomic mass is 32.1. The Balaban J connectivity index is 2.04. The summed E-state index contributed by atoms with van der Waals surface area (Å²) < 4.78 is 4.93. The number of benzene rings is 1. The molecule has 0 aliphatic heterocycles. The Morgan fingerprint density at radius 2 is 2.30 bits per heavy atom. The van der Waals surface area contributed by atoms with Gasteiger partial charge in [0.25, 0.3) is 5.69 Å². The van der Waals surface area contributed by atoms with Crippen LogP contribution in [0.5, 0.6) is 0 Å². The second-order valence-corrected chi connectivity index (χ2v) is 5.04. The maximum atomic E-state index is 10.7. The highest BCUT2D eigenvalue weighted by Crippen LogP contribution is 2.26. The summed E-state index contributed by atoms with van der Waals surface area (Å²) >= 11 is 1.42. The minimum absolute atomic E-state index is 0.0532. The molecular weight excluding hydrogens is 280 g/mol. The Hall–Kier alpha value is -1.90. The van der Waals surface area contributed by atoms with Crippen LogP contribution in [0.25, 0.3) is 10.6 Å². The number of aromatic nitrogens is 2. The van der Waals surface area contributed by atoms with Gasteiger partial charge < -0.3 is 10.1 Å². The van der Waals surface area contributed by atoms with Crippen LogP contribution < -0.4 is 5.32 Å². The molecule has 0 saturated heterocycles. The van der Waals surface area contributed by atoms with Crippen LogP contribution in [0.2, 0.25) is 0 Å². The molecule has 0 fully saturated rings. The van der Waals surface area contributed by atoms with E-state index in [-0.39, 0.29) is 5.69 Å². The summed E-state index contributed by atoms with van der Waals surface area (Å²) in [6.45, 7) is 1.98. The highest BCUT2D eigenvalue weighted by Gasteiger charge is 2.11. The summed E-state index contributed by atoms with van der Waals surface area (Å²) in [4.78, 5) is 10.3. The van der Waals surface area contributed by atoms with Crippen LogP contribution in [0, 0.1) is 10.1 Å². The lowest BCUT2D eigenvalue weighted by Crippen LogP contribution is -2.18. The summed E-state index contributed by atoms with van der Waals surface area (Å²) in [5.41, 5.74) is 0.761. The molecule has 0 aliphatic carbocycles. The predicted octanol–water partition coefficient (Wildman–Crippen LogP) is 1.85. The average Bonchev–Trinajstić information content (AvgIpc) is 2.92. The van der Waals surface area contributed by atoms with Gasteiger partial charge in [0.15, 0.2) is 0 Å². The molecule has 0 spiro atoms. The topological polar surface area (TPSA) is 90.2 Å². The van der Waals surface area contributed by atoms with E-state index in [1.165, 1.54) is 23.5 Å². The van der Waals surface area contributed by atoms with Gasteiger partial charge in [0.2, 0.25) is 0 Å². The molecule has 0 amide bonds. The van der Waals surface area contributed by atoms with Gasteiger partial charge in [0, 0.05) is 37.9 Å². The molecule has 0 atom stereocenters. The number of nitrogens with zero attached hydrogens (tertiary/aromatic N) is 3. The summed E-state index contributed by atoms with van der Waals surface area (Å²) in [7, 11) is 1.65. The fourth-order valence-electron chi connectivity index (χ4n) is 1.56. The molecule has 0 unspecified atom stereocenters. The zero-order chi connectivity index (χ0) is 14.4. The van der Waals surface area contributed by atoms with Crippen molar-refractivity contribution in [2.75, 3.05) is 20.3 Å². The zero-order valence-corrected chi connectivity index (χ0v) is 11.7. The predicted molar refractivity (Wildman–Crippen MR) is 75.6 cm³/mol. The van der Waals surface area contributed by atoms with Crippen molar-refractivity contribution in [1.82, 2.24) is 15.5 Å². The zero-order valence-electron chi connectivity index (χ0n) is 10.9. The molecule has 2 rings (SSSR count). The largest absolute Gasteiger partial charge is 0.383 e. The lowest BCUT2D eigenvalue weighted by molar-refractivity contribution is -0.384. The molecule has 0 bridgehead atoms. The third kappa shape index (κ3) is 3.80. The normalized spacial score (nSPS) is 10.7. The molecule has 1 heterocycles. The second kappa shape index (κ2) is 7.04. The van der Waals surface area contributed by atoms with E-state index in [4.69, 9.17) is 4.74 Å². The van der Waals surface area contributed by atoms with E-state index in [1.807, 2.05) is 0 Å². The molecule has 8 heteroatoms. The van der Waals surface area contributed by atoms with Gasteiger partial charge in [-0.25, -0.2) is 0 Å². The van der Waals surface area contributed by atoms with Gasteiger partial charge in [0.05, 0.1) is 11.5 Å². The Bertz CT molecular complexity index is 588. The lowest BCUT2D eigenvalue weighted by Gasteiger charge is -1.99. The summed E-state index contributed by atoms with van der Waals surface area (Å²) in [5, 5.41) is 23.5. The molecule has 1 N–H and O–H groups in total. The number of non-ortho nitro benzene ring substituents is 1. The number of hydrogen-bond acceptors (Lipinski definition) is 7. The first-order valence-electron chi connectivity index (χ1n) is 5.97. The van der Waals surface area contributed by atoms with E-state index in [0.717, 1.165) is 11.6 Å². The summed E-state index contributed by atoms with van der Waals surface area (Å²) in [5.74, 6) is 0. The first kappa shape index (κ1) is 14.5. The molecule has 7 nitrogen and oxygen atoms in total. The van der Waals surface area contributed by atoms with Crippen LogP contribution in [0.3, 0.4) is 0 Å². The van der Waals surface area contributed by atoms with Crippen LogP contribution >= 0.6 is 11.3 Å². The number of nitrogens with one attached hydrogen (secondary N) is 1. The fraction of sp³-hybridized carbons (Fsp3) is 0.333. The van der Waals surface area contributed by atoms with E-state index < -0.39 is 4.92 Å². The van der Waals surface area contributed by atoms with Crippen LogP contribution in [0.4, 0.5) is 5.69 Å². The van der Waals surface area contributed by atoms with Crippen molar-refractivity contribution in [3.63, 3.8) is 0 Å². The number of ether oxygens (including phenoxy) is 1. The standard InChI is InChI=1S/C12H14N4O3S/c1-19-6-5-13-8-11-14-15-12(20-11)9-3-2-4-10(7-9)16(17)18/h2-4,7,13H,5-6,8H2,1H3. The smallest absolute Gasteiger partial charge is 0.270 e. The van der Waals surface area contributed by atoms with Crippen molar-refractivity contribution < 1.29 is 9.66 Å². The van der Waals surface area contributed by atoms with E-state index in [9.17, 15) is 10.1 Å². The molecule has 1 aromatic heterocycles. The Morgan fingerprint density at radius 3 is 3.05 bits per heavy atom. The van der Waals surface area contributed by atoms with Crippen molar-refractivity contribution in [1.29, 1.82) is 0 Å². The minimum atomic E-state index is -0.419. The molecule has 2 aromatic rings. The van der Waals surface area contributed by atoms with Crippen molar-refractivity contribution >= 4 is 17.0 Å². The van der Waals surface area contributed by atoms with Crippen LogP contribution in [0.15, 0.2) is 24.3 Å². The first-order chi connectivity index (χ1) is 9.70. The highest BCUT2D eigenvalue weighted by molar-refractivity contribution is 7.14. The van der Waals surface area contributed by atoms with Crippen molar-refractivity contribution in [3.05, 3.63) is 39.4 Å². The van der Waals surface area contributed by atoms with Crippen LogP contribution in [-0.2, 0) is 11.3 Å². The van der Waals surface area contributed by atoms with Crippen LogP contribution in [-0.4, -0.2) is 35.4 Å². The fourth-order valence-corrected chi connectivity index (χ4v) is 2.37. The summed E-state index contributed by atoms with van der Waals surface area (Å²) in [6.07, 6.45) is 0. The quantitative estimate of drug-likeness (QED) is 0.476. The number of methoxy groups -OCH3 is 1. The van der Waals surface area contributed by atoms with Crippen molar-refractivity contribution in [2.45, 2.75) is 6.54 Å². The van der Waals surface area contributed by atoms with Crippen LogP contribution in [0.1, 0.15) is 5.01 Å². The van der Waals surface area contributed by atoms with Gasteiger partial charge in [0.1, 0.15) is 10.0 Å². The number of nitro benzene ring substituents is 1. The van der Waals surface area contributed by atoms with Gasteiger partial charge >= 0.3 is 0 Å². The monoisotopic (exact) mass is 294 g/mol. The molecule has 106 valence electrons. The molecular formula is C12H14N4O3S. The van der Waals surface area contributed by atoms with E-state index in [0.29, 0.717) is 23.7 Å². The maximum Gasteiger partial charge on any atom is 0.270 e. The molecule has 20 heavy (non-hydrogen) atoms. The van der Waals surface area contributed by atoms with E-state index >= 15 is 0 Å². The van der Waals surface area contributed by atoms with Crippen molar-refractivity contribution in [3.8, 4) is 10.6 Å². The number of hydrogen-bond donors (Lipinski definition) is 1. The molecule has 0 aliphatic rings. The Labute approximate surface area is 119 Å². The molecule has 0 radical (unpaired) electrons. The molecule has 1 aromatic carbocycles.